The Bertz CT molecular complexity index is 415. The van der Waals surface area contributed by atoms with Crippen LogP contribution in [0.4, 0.5) is 0 Å². The normalized spacial score (nSPS) is 10.6. The highest BCUT2D eigenvalue weighted by Gasteiger charge is 2.09. The van der Waals surface area contributed by atoms with E-state index >= 15 is 0 Å². The average molecular weight is 215 g/mol. The van der Waals surface area contributed by atoms with Crippen LogP contribution in [0.5, 0.6) is 0 Å². The minimum Gasteiger partial charge on any atom is -0.462 e. The number of esters is 1. The Morgan fingerprint density at radius 1 is 1.44 bits per heavy atom. The molecule has 0 heterocycles. The van der Waals surface area contributed by atoms with Crippen molar-refractivity contribution in [3.63, 3.8) is 0 Å². The van der Waals surface area contributed by atoms with Crippen LogP contribution in [-0.4, -0.2) is 12.6 Å². The molecule has 0 radical (unpaired) electrons. The van der Waals surface area contributed by atoms with Gasteiger partial charge in [0.05, 0.1) is 6.61 Å². The zero-order valence-electron chi connectivity index (χ0n) is 9.14. The maximum atomic E-state index is 11.4. The summed E-state index contributed by atoms with van der Waals surface area (Å²) in [7, 11) is 0. The molecule has 0 N–H and O–H groups in total. The molecule has 0 aromatic heterocycles. The van der Waals surface area contributed by atoms with Crippen LogP contribution in [0.1, 0.15) is 18.9 Å². The van der Waals surface area contributed by atoms with Crippen molar-refractivity contribution in [3.05, 3.63) is 41.5 Å². The van der Waals surface area contributed by atoms with Crippen molar-refractivity contribution >= 4 is 12.0 Å². The Hall–Kier alpha value is -2.08. The molecule has 3 heteroatoms. The van der Waals surface area contributed by atoms with Gasteiger partial charge in [-0.05, 0) is 18.1 Å². The van der Waals surface area contributed by atoms with Gasteiger partial charge >= 0.3 is 5.97 Å². The molecule has 0 bridgehead atoms. The summed E-state index contributed by atoms with van der Waals surface area (Å²) < 4.78 is 4.89. The fourth-order valence-corrected chi connectivity index (χ4v) is 1.13. The van der Waals surface area contributed by atoms with Gasteiger partial charge in [-0.2, -0.15) is 5.26 Å². The van der Waals surface area contributed by atoms with Crippen molar-refractivity contribution < 1.29 is 9.53 Å². The minimum absolute atomic E-state index is 0.0275. The molecule has 0 spiro atoms. The predicted octanol–water partition coefficient (Wildman–Crippen LogP) is 2.55. The highest BCUT2D eigenvalue weighted by Crippen LogP contribution is 2.07. The van der Waals surface area contributed by atoms with Crippen molar-refractivity contribution in [2.75, 3.05) is 6.61 Å². The third kappa shape index (κ3) is 3.58. The third-order valence-corrected chi connectivity index (χ3v) is 1.89. The second-order valence-electron chi connectivity index (χ2n) is 3.22. The Morgan fingerprint density at radius 2 is 2.12 bits per heavy atom. The lowest BCUT2D eigenvalue weighted by Gasteiger charge is -2.01. The van der Waals surface area contributed by atoms with E-state index in [-0.39, 0.29) is 5.57 Å². The number of ether oxygens (including phenoxy) is 1. The van der Waals surface area contributed by atoms with Crippen LogP contribution in [0.25, 0.3) is 6.08 Å². The van der Waals surface area contributed by atoms with Gasteiger partial charge in [-0.15, -0.1) is 0 Å². The van der Waals surface area contributed by atoms with Gasteiger partial charge in [0.1, 0.15) is 11.6 Å². The van der Waals surface area contributed by atoms with E-state index in [1.165, 1.54) is 6.08 Å². The fourth-order valence-electron chi connectivity index (χ4n) is 1.13. The van der Waals surface area contributed by atoms with Crippen molar-refractivity contribution in [1.82, 2.24) is 0 Å². The molecule has 1 aromatic rings. The molecule has 0 saturated heterocycles. The monoisotopic (exact) mass is 215 g/mol. The van der Waals surface area contributed by atoms with E-state index in [1.807, 2.05) is 43.3 Å². The largest absolute Gasteiger partial charge is 0.462 e. The maximum absolute atomic E-state index is 11.4. The molecular formula is C13H13NO2. The first-order chi connectivity index (χ1) is 7.77. The maximum Gasteiger partial charge on any atom is 0.348 e. The zero-order chi connectivity index (χ0) is 11.8. The summed E-state index contributed by atoms with van der Waals surface area (Å²) in [5.41, 5.74) is 0.840. The summed E-state index contributed by atoms with van der Waals surface area (Å²) in [6.45, 7) is 2.24. The van der Waals surface area contributed by atoms with Gasteiger partial charge < -0.3 is 4.74 Å². The molecule has 0 amide bonds. The molecule has 1 aromatic carbocycles. The lowest BCUT2D eigenvalue weighted by molar-refractivity contribution is -0.138. The highest BCUT2D eigenvalue weighted by atomic mass is 16.5. The van der Waals surface area contributed by atoms with Crippen LogP contribution in [0.2, 0.25) is 0 Å². The standard InChI is InChI=1S/C13H13NO2/c1-2-8-16-13(15)12(10-14)9-11-6-4-3-5-7-11/h3-7,9H,2,8H2,1H3. The van der Waals surface area contributed by atoms with Crippen LogP contribution >= 0.6 is 0 Å². The first-order valence-corrected chi connectivity index (χ1v) is 5.12. The van der Waals surface area contributed by atoms with Crippen LogP contribution in [0.15, 0.2) is 35.9 Å². The van der Waals surface area contributed by atoms with E-state index < -0.39 is 5.97 Å². The van der Waals surface area contributed by atoms with Gasteiger partial charge in [0.2, 0.25) is 0 Å². The molecule has 16 heavy (non-hydrogen) atoms. The lowest BCUT2D eigenvalue weighted by Crippen LogP contribution is -2.07. The summed E-state index contributed by atoms with van der Waals surface area (Å²) in [5, 5.41) is 8.84. The summed E-state index contributed by atoms with van der Waals surface area (Å²) >= 11 is 0. The quantitative estimate of drug-likeness (QED) is 0.440. The topological polar surface area (TPSA) is 50.1 Å². The smallest absolute Gasteiger partial charge is 0.348 e. The van der Waals surface area contributed by atoms with E-state index in [4.69, 9.17) is 10.00 Å². The lowest BCUT2D eigenvalue weighted by atomic mass is 10.1. The number of nitrogens with zero attached hydrogens (tertiary/aromatic N) is 1. The highest BCUT2D eigenvalue weighted by molar-refractivity contribution is 5.97. The molecule has 0 aliphatic rings. The molecular weight excluding hydrogens is 202 g/mol. The van der Waals surface area contributed by atoms with Crippen molar-refractivity contribution in [2.24, 2.45) is 0 Å². The SMILES string of the molecule is CCCOC(=O)C(C#N)=Cc1ccccc1. The molecule has 0 aliphatic carbocycles. The van der Waals surface area contributed by atoms with E-state index in [1.54, 1.807) is 0 Å². The van der Waals surface area contributed by atoms with Crippen molar-refractivity contribution in [3.8, 4) is 6.07 Å². The Kier molecular flexibility index (Phi) is 4.81. The van der Waals surface area contributed by atoms with Crippen molar-refractivity contribution in [1.29, 1.82) is 5.26 Å². The third-order valence-electron chi connectivity index (χ3n) is 1.89. The Morgan fingerprint density at radius 3 is 2.69 bits per heavy atom. The first-order valence-electron chi connectivity index (χ1n) is 5.12. The van der Waals surface area contributed by atoms with Crippen LogP contribution in [0.3, 0.4) is 0 Å². The number of carbonyl (C=O) groups is 1. The molecule has 0 aliphatic heterocycles. The second-order valence-corrected chi connectivity index (χ2v) is 3.22. The van der Waals surface area contributed by atoms with E-state index in [9.17, 15) is 4.79 Å². The molecule has 0 unspecified atom stereocenters. The van der Waals surface area contributed by atoms with Gasteiger partial charge in [0.25, 0.3) is 0 Å². The van der Waals surface area contributed by atoms with Crippen LogP contribution < -0.4 is 0 Å². The van der Waals surface area contributed by atoms with Gasteiger partial charge in [-0.25, -0.2) is 4.79 Å². The second kappa shape index (κ2) is 6.41. The summed E-state index contributed by atoms with van der Waals surface area (Å²) in [4.78, 5) is 11.4. The minimum atomic E-state index is -0.562. The number of rotatable bonds is 4. The van der Waals surface area contributed by atoms with Gasteiger partial charge in [0, 0.05) is 0 Å². The first kappa shape index (κ1) is 12.0. The Labute approximate surface area is 95.0 Å². The number of hydrogen-bond donors (Lipinski definition) is 0. The molecule has 0 saturated carbocycles. The van der Waals surface area contributed by atoms with Crippen molar-refractivity contribution in [2.45, 2.75) is 13.3 Å². The number of hydrogen-bond acceptors (Lipinski definition) is 3. The number of carbonyl (C=O) groups excluding carboxylic acids is 1. The zero-order valence-corrected chi connectivity index (χ0v) is 9.14. The summed E-state index contributed by atoms with van der Waals surface area (Å²) in [6, 6.07) is 11.1. The average Bonchev–Trinajstić information content (AvgIpc) is 2.34. The number of benzene rings is 1. The molecule has 1 rings (SSSR count). The predicted molar refractivity (Wildman–Crippen MR) is 61.3 cm³/mol. The fraction of sp³-hybridized carbons (Fsp3) is 0.231. The van der Waals surface area contributed by atoms with Crippen LogP contribution in [0, 0.1) is 11.3 Å². The molecule has 82 valence electrons. The molecule has 3 nitrogen and oxygen atoms in total. The van der Waals surface area contributed by atoms with E-state index in [0.29, 0.717) is 6.61 Å². The van der Waals surface area contributed by atoms with Gasteiger partial charge in [0.15, 0.2) is 0 Å². The van der Waals surface area contributed by atoms with Gasteiger partial charge in [-0.1, -0.05) is 37.3 Å². The number of nitriles is 1. The summed E-state index contributed by atoms with van der Waals surface area (Å²) in [6.07, 6.45) is 2.27. The molecule has 0 fully saturated rings. The molecule has 0 atom stereocenters. The van der Waals surface area contributed by atoms with Crippen LogP contribution in [-0.2, 0) is 9.53 Å². The van der Waals surface area contributed by atoms with E-state index in [2.05, 4.69) is 0 Å². The van der Waals surface area contributed by atoms with E-state index in [0.717, 1.165) is 12.0 Å². The Balaban J connectivity index is 2.79. The van der Waals surface area contributed by atoms with Gasteiger partial charge in [-0.3, -0.25) is 0 Å². The summed E-state index contributed by atoms with van der Waals surface area (Å²) in [5.74, 6) is -0.562.